The lowest BCUT2D eigenvalue weighted by Gasteiger charge is -2.33. The molecule has 2 aliphatic rings. The maximum absolute atomic E-state index is 13.1. The van der Waals surface area contributed by atoms with E-state index in [-0.39, 0.29) is 11.6 Å². The van der Waals surface area contributed by atoms with Gasteiger partial charge in [0.25, 0.3) is 11.6 Å². The van der Waals surface area contributed by atoms with Crippen LogP contribution in [0.15, 0.2) is 58.6 Å². The Morgan fingerprint density at radius 3 is 2.71 bits per heavy atom. The number of nitro benzene ring substituents is 1. The van der Waals surface area contributed by atoms with Crippen LogP contribution in [0, 0.1) is 10.1 Å². The first kappa shape index (κ1) is 21.0. The van der Waals surface area contributed by atoms with E-state index >= 15 is 0 Å². The van der Waals surface area contributed by atoms with Gasteiger partial charge in [0.2, 0.25) is 0 Å². The van der Waals surface area contributed by atoms with Crippen LogP contribution in [0.4, 0.5) is 5.69 Å². The molecule has 2 aliphatic heterocycles. The van der Waals surface area contributed by atoms with Crippen molar-refractivity contribution in [2.75, 3.05) is 5.75 Å². The summed E-state index contributed by atoms with van der Waals surface area (Å²) in [4.78, 5) is 29.0. The van der Waals surface area contributed by atoms with Gasteiger partial charge in [0, 0.05) is 17.0 Å². The number of hydrogen-bond acceptors (Lipinski definition) is 7. The molecule has 160 valence electrons. The highest BCUT2D eigenvalue weighted by atomic mass is 32.2. The van der Waals surface area contributed by atoms with Gasteiger partial charge in [-0.3, -0.25) is 25.2 Å². The molecule has 1 atom stereocenters. The van der Waals surface area contributed by atoms with Gasteiger partial charge in [-0.05, 0) is 18.6 Å². The molecule has 0 saturated carbocycles. The highest BCUT2D eigenvalue weighted by Crippen LogP contribution is 2.35. The van der Waals surface area contributed by atoms with Crippen LogP contribution in [-0.2, 0) is 4.79 Å². The molecule has 0 spiro atoms. The minimum atomic E-state index is -0.798. The molecule has 31 heavy (non-hydrogen) atoms. The van der Waals surface area contributed by atoms with E-state index in [9.17, 15) is 14.9 Å². The Morgan fingerprint density at radius 1 is 1.13 bits per heavy atom. The van der Waals surface area contributed by atoms with E-state index in [1.807, 2.05) is 18.2 Å². The van der Waals surface area contributed by atoms with Crippen LogP contribution in [0.25, 0.3) is 5.70 Å². The third kappa shape index (κ3) is 4.32. The number of amidine groups is 1. The molecule has 0 bridgehead atoms. The number of fused-ring (bicyclic) bond motifs is 2. The number of para-hydroxylation sites is 2. The van der Waals surface area contributed by atoms with Crippen molar-refractivity contribution in [1.82, 2.24) is 10.3 Å². The van der Waals surface area contributed by atoms with E-state index in [4.69, 9.17) is 4.99 Å². The summed E-state index contributed by atoms with van der Waals surface area (Å²) in [5, 5.41) is 22.5. The molecule has 8 nitrogen and oxygen atoms in total. The van der Waals surface area contributed by atoms with Crippen molar-refractivity contribution in [3.63, 3.8) is 0 Å². The van der Waals surface area contributed by atoms with E-state index in [1.54, 1.807) is 24.3 Å². The summed E-state index contributed by atoms with van der Waals surface area (Å²) in [5.41, 5.74) is 0.694. The highest BCUT2D eigenvalue weighted by molar-refractivity contribution is 8.13. The lowest BCUT2D eigenvalue weighted by atomic mass is 10.1. The quantitative estimate of drug-likeness (QED) is 0.408. The van der Waals surface area contributed by atoms with E-state index in [2.05, 4.69) is 17.3 Å². The zero-order valence-corrected chi connectivity index (χ0v) is 18.0. The Hall–Kier alpha value is -3.20. The Balaban J connectivity index is 1.77. The second-order valence-corrected chi connectivity index (χ2v) is 8.38. The molecule has 0 aliphatic carbocycles. The van der Waals surface area contributed by atoms with E-state index in [0.717, 1.165) is 25.0 Å². The lowest BCUT2D eigenvalue weighted by molar-refractivity contribution is -0.385. The molecule has 2 aromatic carbocycles. The SMILES string of the molecule is CCCCCCSC1=NN2C(=c3ccccc3=N[C@@H]2c2ccccc2[N+](=O)[O-])C(=O)N1. The number of unbranched alkanes of at least 4 members (excludes halogenated alkanes) is 3. The van der Waals surface area contributed by atoms with E-state index < -0.39 is 11.1 Å². The second kappa shape index (κ2) is 9.30. The summed E-state index contributed by atoms with van der Waals surface area (Å²) in [6, 6.07) is 13.7. The fourth-order valence-corrected chi connectivity index (χ4v) is 4.52. The van der Waals surface area contributed by atoms with Gasteiger partial charge < -0.3 is 0 Å². The maximum atomic E-state index is 13.1. The van der Waals surface area contributed by atoms with Crippen LogP contribution < -0.4 is 15.9 Å². The largest absolute Gasteiger partial charge is 0.298 e. The van der Waals surface area contributed by atoms with Crippen molar-refractivity contribution in [1.29, 1.82) is 0 Å². The summed E-state index contributed by atoms with van der Waals surface area (Å²) in [5.74, 6) is 0.559. The fraction of sp³-hybridized carbons (Fsp3) is 0.318. The van der Waals surface area contributed by atoms with Crippen molar-refractivity contribution in [2.24, 2.45) is 10.1 Å². The average molecular weight is 438 g/mol. The third-order valence-corrected chi connectivity index (χ3v) is 6.11. The van der Waals surface area contributed by atoms with Crippen LogP contribution >= 0.6 is 11.8 Å². The van der Waals surface area contributed by atoms with Crippen LogP contribution in [0.5, 0.6) is 0 Å². The number of amides is 1. The summed E-state index contributed by atoms with van der Waals surface area (Å²) >= 11 is 1.48. The number of nitrogens with zero attached hydrogens (tertiary/aromatic N) is 4. The molecule has 0 aromatic heterocycles. The van der Waals surface area contributed by atoms with Crippen LogP contribution in [0.2, 0.25) is 0 Å². The van der Waals surface area contributed by atoms with Gasteiger partial charge in [-0.15, -0.1) is 5.10 Å². The number of benzene rings is 2. The lowest BCUT2D eigenvalue weighted by Crippen LogP contribution is -2.50. The Labute approximate surface area is 183 Å². The smallest absolute Gasteiger partial charge is 0.276 e. The first-order chi connectivity index (χ1) is 15.1. The Morgan fingerprint density at radius 2 is 1.90 bits per heavy atom. The molecule has 0 radical (unpaired) electrons. The number of hydrogen-bond donors (Lipinski definition) is 1. The monoisotopic (exact) mass is 437 g/mol. The Bertz CT molecular complexity index is 1160. The number of rotatable bonds is 7. The minimum Gasteiger partial charge on any atom is -0.298 e. The summed E-state index contributed by atoms with van der Waals surface area (Å²) < 4.78 is 0. The van der Waals surface area contributed by atoms with Crippen LogP contribution in [0.1, 0.15) is 44.3 Å². The zero-order valence-electron chi connectivity index (χ0n) is 17.2. The van der Waals surface area contributed by atoms with Crippen molar-refractivity contribution < 1.29 is 9.72 Å². The number of hydrazone groups is 1. The van der Waals surface area contributed by atoms with Crippen molar-refractivity contribution in [3.05, 3.63) is 74.8 Å². The molecule has 4 rings (SSSR count). The van der Waals surface area contributed by atoms with E-state index in [1.165, 1.54) is 29.3 Å². The van der Waals surface area contributed by atoms with Gasteiger partial charge in [-0.25, -0.2) is 5.01 Å². The molecule has 9 heteroatoms. The molecule has 0 unspecified atom stereocenters. The minimum absolute atomic E-state index is 0.0510. The van der Waals surface area contributed by atoms with Gasteiger partial charge in [-0.1, -0.05) is 68.3 Å². The summed E-state index contributed by atoms with van der Waals surface area (Å²) in [6.07, 6.45) is 3.71. The van der Waals surface area contributed by atoms with Crippen LogP contribution in [-0.4, -0.2) is 26.8 Å². The predicted octanol–water partition coefficient (Wildman–Crippen LogP) is 3.05. The molecule has 1 amide bonds. The molecule has 1 N–H and O–H groups in total. The van der Waals surface area contributed by atoms with Crippen molar-refractivity contribution in [3.8, 4) is 0 Å². The van der Waals surface area contributed by atoms with Crippen molar-refractivity contribution >= 4 is 34.2 Å². The van der Waals surface area contributed by atoms with Gasteiger partial charge in [0.15, 0.2) is 11.3 Å². The van der Waals surface area contributed by atoms with Gasteiger partial charge in [0.1, 0.15) is 5.70 Å². The topological polar surface area (TPSA) is 100 Å². The molecule has 0 saturated heterocycles. The number of carbonyl (C=O) groups is 1. The van der Waals surface area contributed by atoms with Gasteiger partial charge in [0.05, 0.1) is 15.8 Å². The molecule has 2 aromatic rings. The summed E-state index contributed by atoms with van der Waals surface area (Å²) in [6.45, 7) is 2.16. The second-order valence-electron chi connectivity index (χ2n) is 7.30. The van der Waals surface area contributed by atoms with Crippen molar-refractivity contribution in [2.45, 2.75) is 38.8 Å². The van der Waals surface area contributed by atoms with E-state index in [0.29, 0.717) is 27.0 Å². The molecular weight excluding hydrogens is 414 g/mol. The normalized spacial score (nSPS) is 17.3. The molecular formula is C22H23N5O3S. The number of carbonyl (C=O) groups excluding carboxylic acids is 1. The predicted molar refractivity (Wildman–Crippen MR) is 120 cm³/mol. The van der Waals surface area contributed by atoms with Crippen LogP contribution in [0.3, 0.4) is 0 Å². The highest BCUT2D eigenvalue weighted by Gasteiger charge is 2.36. The fourth-order valence-electron chi connectivity index (χ4n) is 3.66. The number of nitro groups is 1. The first-order valence-corrected chi connectivity index (χ1v) is 11.3. The number of nitrogens with one attached hydrogen (secondary N) is 1. The first-order valence-electron chi connectivity index (χ1n) is 10.3. The van der Waals surface area contributed by atoms with Gasteiger partial charge >= 0.3 is 0 Å². The summed E-state index contributed by atoms with van der Waals surface area (Å²) in [7, 11) is 0. The molecule has 0 fully saturated rings. The molecule has 2 heterocycles. The Kier molecular flexibility index (Phi) is 6.31. The standard InChI is InChI=1S/C22H23N5O3S/c1-2-3-4-9-14-31-22-24-21(28)19-15-10-5-7-12-17(15)23-20(26(19)25-22)16-11-6-8-13-18(16)27(29)30/h5-8,10-13,20H,2-4,9,14H2,1H3,(H,24,25,28)/t20-/m0/s1. The zero-order chi connectivity index (χ0) is 21.8. The maximum Gasteiger partial charge on any atom is 0.276 e. The number of thioether (sulfide) groups is 1. The average Bonchev–Trinajstić information content (AvgIpc) is 2.78. The third-order valence-electron chi connectivity index (χ3n) is 5.16. The van der Waals surface area contributed by atoms with Gasteiger partial charge in [-0.2, -0.15) is 0 Å².